The normalized spacial score (nSPS) is 32.8. The zero-order valence-corrected chi connectivity index (χ0v) is 8.88. The molecule has 0 aromatic rings. The van der Waals surface area contributed by atoms with Crippen molar-refractivity contribution in [2.45, 2.75) is 25.2 Å². The van der Waals surface area contributed by atoms with Gasteiger partial charge in [0.1, 0.15) is 6.29 Å². The van der Waals surface area contributed by atoms with Gasteiger partial charge >= 0.3 is 0 Å². The lowest BCUT2D eigenvalue weighted by atomic mass is 10.1. The molecule has 2 saturated heterocycles. The number of piperazine rings is 1. The second kappa shape index (κ2) is 5.03. The summed E-state index contributed by atoms with van der Waals surface area (Å²) in [6.07, 6.45) is -3.11. The average Bonchev–Trinajstić information content (AvgIpc) is 2.29. The smallest absolute Gasteiger partial charge is 0.254 e. The predicted octanol–water partition coefficient (Wildman–Crippen LogP) is -1.08. The maximum Gasteiger partial charge on any atom is 0.254 e. The van der Waals surface area contributed by atoms with Crippen molar-refractivity contribution in [1.82, 2.24) is 20.9 Å². The second-order valence-corrected chi connectivity index (χ2v) is 4.07. The third kappa shape index (κ3) is 2.66. The maximum absolute atomic E-state index is 12.6. The quantitative estimate of drug-likeness (QED) is 0.569. The molecule has 2 unspecified atom stereocenters. The molecule has 2 heterocycles. The van der Waals surface area contributed by atoms with Crippen LogP contribution in [-0.4, -0.2) is 55.7 Å². The van der Waals surface area contributed by atoms with Gasteiger partial charge in [-0.3, -0.25) is 15.0 Å². The summed E-state index contributed by atoms with van der Waals surface area (Å²) in [4.78, 5) is 13.3. The largest absolute Gasteiger partial charge is 0.328 e. The third-order valence-corrected chi connectivity index (χ3v) is 2.90. The molecule has 0 aromatic heterocycles. The van der Waals surface area contributed by atoms with E-state index in [-0.39, 0.29) is 12.3 Å². The van der Waals surface area contributed by atoms with Crippen LogP contribution in [0.25, 0.3) is 0 Å². The van der Waals surface area contributed by atoms with E-state index in [9.17, 15) is 13.6 Å². The van der Waals surface area contributed by atoms with Crippen molar-refractivity contribution < 1.29 is 13.6 Å². The van der Waals surface area contributed by atoms with Crippen LogP contribution in [0.2, 0.25) is 0 Å². The van der Waals surface area contributed by atoms with E-state index in [2.05, 4.69) is 16.0 Å². The lowest BCUT2D eigenvalue weighted by Gasteiger charge is -2.40. The van der Waals surface area contributed by atoms with E-state index in [1.807, 2.05) is 4.90 Å². The van der Waals surface area contributed by atoms with Crippen LogP contribution in [0, 0.1) is 0 Å². The summed E-state index contributed by atoms with van der Waals surface area (Å²) >= 11 is 0. The molecule has 0 aromatic carbocycles. The number of hydrogen-bond acceptors (Lipinski definition) is 4. The molecule has 5 nitrogen and oxygen atoms in total. The van der Waals surface area contributed by atoms with Crippen LogP contribution in [0.4, 0.5) is 8.78 Å². The fourth-order valence-electron chi connectivity index (χ4n) is 2.01. The van der Waals surface area contributed by atoms with E-state index in [0.29, 0.717) is 0 Å². The number of hydrogen-bond donors (Lipinski definition) is 3. The molecule has 3 N–H and O–H groups in total. The Hall–Kier alpha value is -0.790. The van der Waals surface area contributed by atoms with Gasteiger partial charge in [0.2, 0.25) is 5.91 Å². The molecule has 7 heteroatoms. The molecule has 0 spiro atoms. The number of alkyl halides is 2. The van der Waals surface area contributed by atoms with Crippen LogP contribution < -0.4 is 16.0 Å². The number of carbonyl (C=O) groups excluding carboxylic acids is 1. The number of nitrogens with one attached hydrogen (secondary N) is 3. The summed E-state index contributed by atoms with van der Waals surface area (Å²) in [7, 11) is 0. The van der Waals surface area contributed by atoms with E-state index < -0.39 is 18.8 Å². The molecular weight excluding hydrogens is 218 g/mol. The van der Waals surface area contributed by atoms with Crippen molar-refractivity contribution in [1.29, 1.82) is 0 Å². The standard InChI is InChI=1S/C9H16F2N4O/c10-8(11)6-5-7(16)14-9(13-6)15-3-1-12-2-4-15/h6,8-9,12-13H,1-5H2,(H,14,16). The minimum atomic E-state index is -2.50. The fraction of sp³-hybridized carbons (Fsp3) is 0.889. The molecule has 2 atom stereocenters. The van der Waals surface area contributed by atoms with Gasteiger partial charge in [0.05, 0.1) is 6.04 Å². The van der Waals surface area contributed by atoms with Gasteiger partial charge in [-0.1, -0.05) is 0 Å². The summed E-state index contributed by atoms with van der Waals surface area (Å²) < 4.78 is 25.1. The second-order valence-electron chi connectivity index (χ2n) is 4.07. The topological polar surface area (TPSA) is 56.4 Å². The first-order valence-corrected chi connectivity index (χ1v) is 5.45. The summed E-state index contributed by atoms with van der Waals surface area (Å²) in [5.41, 5.74) is 0. The minimum absolute atomic E-state index is 0.153. The number of halogens is 2. The Morgan fingerprint density at radius 3 is 2.62 bits per heavy atom. The van der Waals surface area contributed by atoms with Crippen molar-refractivity contribution >= 4 is 5.91 Å². The van der Waals surface area contributed by atoms with Gasteiger partial charge in [-0.2, -0.15) is 0 Å². The highest BCUT2D eigenvalue weighted by Crippen LogP contribution is 2.11. The number of amides is 1. The summed E-state index contributed by atoms with van der Waals surface area (Å²) in [6.45, 7) is 3.11. The van der Waals surface area contributed by atoms with E-state index in [1.165, 1.54) is 0 Å². The fourth-order valence-corrected chi connectivity index (χ4v) is 2.01. The highest BCUT2D eigenvalue weighted by atomic mass is 19.3. The van der Waals surface area contributed by atoms with Crippen LogP contribution in [0.1, 0.15) is 6.42 Å². The molecule has 0 radical (unpaired) electrons. The molecule has 2 aliphatic heterocycles. The predicted molar refractivity (Wildman–Crippen MR) is 53.9 cm³/mol. The molecule has 1 amide bonds. The Morgan fingerprint density at radius 2 is 2.00 bits per heavy atom. The van der Waals surface area contributed by atoms with E-state index >= 15 is 0 Å². The highest BCUT2D eigenvalue weighted by molar-refractivity contribution is 5.77. The SMILES string of the molecule is O=C1CC(C(F)F)NC(N2CCNCC2)N1. The molecule has 2 fully saturated rings. The Bertz CT molecular complexity index is 258. The number of nitrogens with zero attached hydrogens (tertiary/aromatic N) is 1. The first-order chi connectivity index (χ1) is 7.66. The van der Waals surface area contributed by atoms with Crippen LogP contribution in [0.5, 0.6) is 0 Å². The first kappa shape index (κ1) is 11.7. The molecule has 0 aliphatic carbocycles. The zero-order chi connectivity index (χ0) is 11.5. The minimum Gasteiger partial charge on any atom is -0.328 e. The summed E-state index contributed by atoms with van der Waals surface area (Å²) in [6, 6.07) is -1.03. The zero-order valence-electron chi connectivity index (χ0n) is 8.88. The van der Waals surface area contributed by atoms with Crippen LogP contribution in [-0.2, 0) is 4.79 Å². The average molecular weight is 234 g/mol. The van der Waals surface area contributed by atoms with Crippen molar-refractivity contribution in [3.63, 3.8) is 0 Å². The maximum atomic E-state index is 12.6. The van der Waals surface area contributed by atoms with E-state index in [0.717, 1.165) is 26.2 Å². The number of carbonyl (C=O) groups is 1. The van der Waals surface area contributed by atoms with Crippen molar-refractivity contribution in [3.8, 4) is 0 Å². The molecule has 0 bridgehead atoms. The van der Waals surface area contributed by atoms with Crippen LogP contribution in [0.3, 0.4) is 0 Å². The molecule has 92 valence electrons. The number of rotatable bonds is 2. The Kier molecular flexibility index (Phi) is 3.67. The molecule has 2 rings (SSSR count). The van der Waals surface area contributed by atoms with Crippen molar-refractivity contribution in [2.75, 3.05) is 26.2 Å². The molecule has 2 aliphatic rings. The highest BCUT2D eigenvalue weighted by Gasteiger charge is 2.34. The Labute approximate surface area is 92.5 Å². The first-order valence-electron chi connectivity index (χ1n) is 5.45. The van der Waals surface area contributed by atoms with Gasteiger partial charge in [-0.05, 0) is 0 Å². The van der Waals surface area contributed by atoms with Gasteiger partial charge in [-0.15, -0.1) is 0 Å². The van der Waals surface area contributed by atoms with Gasteiger partial charge in [0, 0.05) is 32.6 Å². The molecule has 16 heavy (non-hydrogen) atoms. The van der Waals surface area contributed by atoms with Crippen LogP contribution in [0.15, 0.2) is 0 Å². The van der Waals surface area contributed by atoms with Crippen molar-refractivity contribution in [2.24, 2.45) is 0 Å². The van der Waals surface area contributed by atoms with E-state index in [1.54, 1.807) is 0 Å². The van der Waals surface area contributed by atoms with Gasteiger partial charge in [-0.25, -0.2) is 8.78 Å². The lowest BCUT2D eigenvalue weighted by Crippen LogP contribution is -2.67. The summed E-state index contributed by atoms with van der Waals surface area (Å²) in [5, 5.41) is 8.62. The monoisotopic (exact) mass is 234 g/mol. The van der Waals surface area contributed by atoms with Gasteiger partial charge in [0.25, 0.3) is 6.43 Å². The summed E-state index contributed by atoms with van der Waals surface area (Å²) in [5.74, 6) is -0.312. The molecular formula is C9H16F2N4O. The van der Waals surface area contributed by atoms with Crippen LogP contribution >= 0.6 is 0 Å². The Balaban J connectivity index is 1.95. The van der Waals surface area contributed by atoms with Gasteiger partial charge in [0.15, 0.2) is 0 Å². The lowest BCUT2D eigenvalue weighted by molar-refractivity contribution is -0.129. The third-order valence-electron chi connectivity index (χ3n) is 2.90. The van der Waals surface area contributed by atoms with Crippen molar-refractivity contribution in [3.05, 3.63) is 0 Å². The van der Waals surface area contributed by atoms with Gasteiger partial charge < -0.3 is 10.6 Å². The Morgan fingerprint density at radius 1 is 1.31 bits per heavy atom. The van der Waals surface area contributed by atoms with E-state index in [4.69, 9.17) is 0 Å². The molecule has 0 saturated carbocycles.